The number of nitrogens with one attached hydrogen (secondary N) is 1. The quantitative estimate of drug-likeness (QED) is 0.618. The molecular formula is C23H21FN4O3S. The van der Waals surface area contributed by atoms with Gasteiger partial charge in [-0.2, -0.15) is 0 Å². The topological polar surface area (TPSA) is 105 Å². The molecule has 0 saturated carbocycles. The average Bonchev–Trinajstić information content (AvgIpc) is 3.29. The highest BCUT2D eigenvalue weighted by Gasteiger charge is 2.28. The Hall–Kier alpha value is -3.59. The Morgan fingerprint density at radius 3 is 2.47 bits per heavy atom. The molecule has 0 radical (unpaired) electrons. The molecule has 1 aliphatic rings. The molecule has 2 aromatic carbocycles. The zero-order valence-corrected chi connectivity index (χ0v) is 17.9. The van der Waals surface area contributed by atoms with Crippen LogP contribution in [0.1, 0.15) is 32.9 Å². The third-order valence-corrected chi connectivity index (χ3v) is 6.45. The molecule has 1 aromatic heterocycles. The van der Waals surface area contributed by atoms with Crippen molar-refractivity contribution in [1.29, 1.82) is 0 Å². The first-order chi connectivity index (χ1) is 15.4. The molecule has 32 heavy (non-hydrogen) atoms. The standard InChI is InChI=1S/C23H21FN4O3S/c24-17-7-3-1-5-15(17)22-26-13-19(32-22)21(30)27-18-8-4-2-6-16(18)23(31)28-11-9-14(10-12-28)20(25)29/h1-8,13-14H,9-12H2,(H2,25,29)(H,27,30). The van der Waals surface area contributed by atoms with Crippen molar-refractivity contribution >= 4 is 34.7 Å². The largest absolute Gasteiger partial charge is 0.369 e. The lowest BCUT2D eigenvalue weighted by atomic mass is 9.95. The first-order valence-corrected chi connectivity index (χ1v) is 11.0. The number of primary amides is 1. The van der Waals surface area contributed by atoms with E-state index in [4.69, 9.17) is 5.73 Å². The summed E-state index contributed by atoms with van der Waals surface area (Å²) in [6, 6.07) is 13.0. The molecule has 9 heteroatoms. The second-order valence-electron chi connectivity index (χ2n) is 7.48. The molecule has 3 amide bonds. The number of aromatic nitrogens is 1. The van der Waals surface area contributed by atoms with Crippen molar-refractivity contribution in [3.8, 4) is 10.6 Å². The van der Waals surface area contributed by atoms with Crippen LogP contribution in [-0.2, 0) is 4.79 Å². The number of para-hydroxylation sites is 1. The van der Waals surface area contributed by atoms with Gasteiger partial charge in [-0.3, -0.25) is 14.4 Å². The highest BCUT2D eigenvalue weighted by Crippen LogP contribution is 2.28. The molecule has 0 bridgehead atoms. The predicted octanol–water partition coefficient (Wildman–Crippen LogP) is 3.54. The summed E-state index contributed by atoms with van der Waals surface area (Å²) in [4.78, 5) is 43.3. The Balaban J connectivity index is 1.49. The number of likely N-dealkylation sites (tertiary alicyclic amines) is 1. The molecule has 3 N–H and O–H groups in total. The normalized spacial score (nSPS) is 14.2. The number of anilines is 1. The Morgan fingerprint density at radius 1 is 1.06 bits per heavy atom. The Kier molecular flexibility index (Phi) is 6.27. The summed E-state index contributed by atoms with van der Waals surface area (Å²) in [5, 5.41) is 3.17. The van der Waals surface area contributed by atoms with E-state index in [0.29, 0.717) is 52.6 Å². The Bertz CT molecular complexity index is 1170. The fourth-order valence-corrected chi connectivity index (χ4v) is 4.48. The van der Waals surface area contributed by atoms with Crippen molar-refractivity contribution in [2.45, 2.75) is 12.8 Å². The summed E-state index contributed by atoms with van der Waals surface area (Å²) in [5.41, 5.74) is 6.43. The summed E-state index contributed by atoms with van der Waals surface area (Å²) < 4.78 is 14.0. The van der Waals surface area contributed by atoms with Crippen LogP contribution in [0.2, 0.25) is 0 Å². The van der Waals surface area contributed by atoms with Crippen LogP contribution >= 0.6 is 11.3 Å². The smallest absolute Gasteiger partial charge is 0.267 e. The van der Waals surface area contributed by atoms with Crippen molar-refractivity contribution in [2.24, 2.45) is 11.7 Å². The second-order valence-corrected chi connectivity index (χ2v) is 8.51. The van der Waals surface area contributed by atoms with E-state index in [2.05, 4.69) is 10.3 Å². The van der Waals surface area contributed by atoms with Gasteiger partial charge in [0.05, 0.1) is 17.4 Å². The van der Waals surface area contributed by atoms with Gasteiger partial charge in [0, 0.05) is 24.6 Å². The van der Waals surface area contributed by atoms with Crippen LogP contribution in [0.4, 0.5) is 10.1 Å². The maximum absolute atomic E-state index is 14.0. The lowest BCUT2D eigenvalue weighted by Gasteiger charge is -2.31. The molecule has 2 heterocycles. The van der Waals surface area contributed by atoms with Crippen LogP contribution in [0.3, 0.4) is 0 Å². The van der Waals surface area contributed by atoms with Crippen LogP contribution < -0.4 is 11.1 Å². The van der Waals surface area contributed by atoms with Crippen molar-refractivity contribution in [2.75, 3.05) is 18.4 Å². The lowest BCUT2D eigenvalue weighted by molar-refractivity contribution is -0.123. The predicted molar refractivity (Wildman–Crippen MR) is 120 cm³/mol. The van der Waals surface area contributed by atoms with Gasteiger partial charge in [-0.15, -0.1) is 11.3 Å². The number of carbonyl (C=O) groups is 3. The van der Waals surface area contributed by atoms with E-state index in [9.17, 15) is 18.8 Å². The second kappa shape index (κ2) is 9.27. The zero-order valence-electron chi connectivity index (χ0n) is 17.1. The van der Waals surface area contributed by atoms with Crippen LogP contribution in [0.5, 0.6) is 0 Å². The SMILES string of the molecule is NC(=O)C1CCN(C(=O)c2ccccc2NC(=O)c2cnc(-c3ccccc3F)s2)CC1. The molecule has 0 atom stereocenters. The van der Waals surface area contributed by atoms with Gasteiger partial charge in [0.2, 0.25) is 5.91 Å². The molecule has 1 fully saturated rings. The molecule has 4 rings (SSSR count). The fraction of sp³-hybridized carbons (Fsp3) is 0.217. The number of nitrogens with zero attached hydrogens (tertiary/aromatic N) is 2. The third kappa shape index (κ3) is 4.52. The van der Waals surface area contributed by atoms with E-state index >= 15 is 0 Å². The first kappa shape index (κ1) is 21.6. The van der Waals surface area contributed by atoms with Gasteiger partial charge in [0.1, 0.15) is 15.7 Å². The molecule has 1 saturated heterocycles. The maximum atomic E-state index is 14.0. The van der Waals surface area contributed by atoms with Gasteiger partial charge in [-0.25, -0.2) is 9.37 Å². The number of carbonyl (C=O) groups excluding carboxylic acids is 3. The molecule has 164 valence electrons. The first-order valence-electron chi connectivity index (χ1n) is 10.1. The number of nitrogens with two attached hydrogens (primary N) is 1. The van der Waals surface area contributed by atoms with Crippen LogP contribution in [0.15, 0.2) is 54.7 Å². The highest BCUT2D eigenvalue weighted by molar-refractivity contribution is 7.17. The summed E-state index contributed by atoms with van der Waals surface area (Å²) >= 11 is 1.07. The van der Waals surface area contributed by atoms with Gasteiger partial charge >= 0.3 is 0 Å². The maximum Gasteiger partial charge on any atom is 0.267 e. The third-order valence-electron chi connectivity index (χ3n) is 5.42. The van der Waals surface area contributed by atoms with E-state index in [1.54, 1.807) is 47.4 Å². The van der Waals surface area contributed by atoms with Gasteiger partial charge in [0.15, 0.2) is 0 Å². The van der Waals surface area contributed by atoms with Crippen molar-refractivity contribution in [3.05, 3.63) is 71.0 Å². The number of thiazole rings is 1. The van der Waals surface area contributed by atoms with Crippen molar-refractivity contribution < 1.29 is 18.8 Å². The number of hydrogen-bond acceptors (Lipinski definition) is 5. The molecule has 0 spiro atoms. The number of benzene rings is 2. The minimum Gasteiger partial charge on any atom is -0.369 e. The number of piperidine rings is 1. The van der Waals surface area contributed by atoms with Crippen molar-refractivity contribution in [3.63, 3.8) is 0 Å². The van der Waals surface area contributed by atoms with Gasteiger partial charge in [-0.05, 0) is 37.1 Å². The van der Waals surface area contributed by atoms with Gasteiger partial charge < -0.3 is 16.0 Å². The summed E-state index contributed by atoms with van der Waals surface area (Å²) in [7, 11) is 0. The monoisotopic (exact) mass is 452 g/mol. The molecule has 0 unspecified atom stereocenters. The molecule has 1 aliphatic heterocycles. The number of halogens is 1. The summed E-state index contributed by atoms with van der Waals surface area (Å²) in [5.74, 6) is -1.63. The zero-order chi connectivity index (χ0) is 22.7. The Labute approximate surface area is 188 Å². The fourth-order valence-electron chi connectivity index (χ4n) is 3.64. The molecular weight excluding hydrogens is 431 g/mol. The number of amides is 3. The molecule has 3 aromatic rings. The van der Waals surface area contributed by atoms with Crippen molar-refractivity contribution in [1.82, 2.24) is 9.88 Å². The summed E-state index contributed by atoms with van der Waals surface area (Å²) in [6.07, 6.45) is 2.44. The number of rotatable bonds is 5. The van der Waals surface area contributed by atoms with E-state index in [1.165, 1.54) is 12.3 Å². The van der Waals surface area contributed by atoms with E-state index in [-0.39, 0.29) is 17.7 Å². The van der Waals surface area contributed by atoms with Crippen LogP contribution in [0, 0.1) is 11.7 Å². The molecule has 7 nitrogen and oxygen atoms in total. The summed E-state index contributed by atoms with van der Waals surface area (Å²) in [6.45, 7) is 0.852. The van der Waals surface area contributed by atoms with E-state index < -0.39 is 11.7 Å². The lowest BCUT2D eigenvalue weighted by Crippen LogP contribution is -2.42. The van der Waals surface area contributed by atoms with Crippen LogP contribution in [-0.4, -0.2) is 40.7 Å². The van der Waals surface area contributed by atoms with Gasteiger partial charge in [-0.1, -0.05) is 24.3 Å². The molecule has 0 aliphatic carbocycles. The Morgan fingerprint density at radius 2 is 1.75 bits per heavy atom. The van der Waals surface area contributed by atoms with E-state index in [1.807, 2.05) is 0 Å². The van der Waals surface area contributed by atoms with Crippen LogP contribution in [0.25, 0.3) is 10.6 Å². The van der Waals surface area contributed by atoms with Gasteiger partial charge in [0.25, 0.3) is 11.8 Å². The number of hydrogen-bond donors (Lipinski definition) is 2. The average molecular weight is 453 g/mol. The minimum absolute atomic E-state index is 0.219. The minimum atomic E-state index is -0.433. The van der Waals surface area contributed by atoms with E-state index in [0.717, 1.165) is 11.3 Å². The highest BCUT2D eigenvalue weighted by atomic mass is 32.1.